The van der Waals surface area contributed by atoms with Gasteiger partial charge in [0, 0.05) is 55.1 Å². The van der Waals surface area contributed by atoms with Gasteiger partial charge in [-0.15, -0.1) is 0 Å². The minimum Gasteiger partial charge on any atom is -0.309 e. The average Bonchev–Trinajstić information content (AvgIpc) is 3.72. The van der Waals surface area contributed by atoms with Crippen molar-refractivity contribution in [3.05, 3.63) is 288 Å². The summed E-state index contributed by atoms with van der Waals surface area (Å²) < 4.78 is 0. The van der Waals surface area contributed by atoms with E-state index in [0.717, 1.165) is 35.6 Å². The van der Waals surface area contributed by atoms with Crippen LogP contribution in [0.2, 0.25) is 0 Å². The second-order valence-corrected chi connectivity index (χ2v) is 23.6. The van der Waals surface area contributed by atoms with Crippen molar-refractivity contribution in [3.8, 4) is 22.3 Å². The molecule has 82 heavy (non-hydrogen) atoms. The molecule has 11 rings (SSSR count). The van der Waals surface area contributed by atoms with E-state index in [0.29, 0.717) is 0 Å². The molecule has 0 radical (unpaired) electrons. The van der Waals surface area contributed by atoms with Crippen molar-refractivity contribution in [1.29, 1.82) is 0 Å². The molecule has 0 unspecified atom stereocenters. The molecule has 0 saturated carbocycles. The van der Waals surface area contributed by atoms with Crippen LogP contribution >= 0.6 is 0 Å². The maximum atomic E-state index is 2.52. The minimum atomic E-state index is -0.106. The zero-order valence-electron chi connectivity index (χ0n) is 49.2. The Labute approximate surface area is 489 Å². The summed E-state index contributed by atoms with van der Waals surface area (Å²) in [5.74, 6) is 0. The van der Waals surface area contributed by atoms with Gasteiger partial charge in [-0.3, -0.25) is 0 Å². The molecule has 11 aromatic rings. The van der Waals surface area contributed by atoms with E-state index in [9.17, 15) is 0 Å². The molecular weight excluding hydrogens is 989 g/mol. The van der Waals surface area contributed by atoms with E-state index >= 15 is 0 Å². The van der Waals surface area contributed by atoms with Crippen LogP contribution in [0.4, 0.5) is 34.1 Å². The second-order valence-electron chi connectivity index (χ2n) is 23.6. The summed E-state index contributed by atoms with van der Waals surface area (Å²) in [6, 6.07) is 95.6. The molecule has 0 atom stereocenters. The Hall–Kier alpha value is -8.46. The summed E-state index contributed by atoms with van der Waals surface area (Å²) >= 11 is 0. The lowest BCUT2D eigenvalue weighted by molar-refractivity contribution is 0.641. The van der Waals surface area contributed by atoms with Crippen LogP contribution in [0.25, 0.3) is 43.8 Å². The van der Waals surface area contributed by atoms with Gasteiger partial charge in [0.15, 0.2) is 0 Å². The van der Waals surface area contributed by atoms with Gasteiger partial charge >= 0.3 is 0 Å². The molecule has 0 aliphatic rings. The second kappa shape index (κ2) is 25.1. The number of aryl methyl sites for hydroxylation is 2. The molecule has 0 saturated heterocycles. The molecule has 0 bridgehead atoms. The molecule has 0 aliphatic heterocycles. The van der Waals surface area contributed by atoms with Gasteiger partial charge in [0.05, 0.1) is 11.4 Å². The third kappa shape index (κ3) is 11.8. The summed E-state index contributed by atoms with van der Waals surface area (Å²) in [6.45, 7) is 13.8. The van der Waals surface area contributed by atoms with E-state index in [-0.39, 0.29) is 10.8 Å². The summed E-state index contributed by atoms with van der Waals surface area (Å²) in [6.07, 6.45) is 12.2. The number of nitrogens with zero attached hydrogens (tertiary/aromatic N) is 2. The highest BCUT2D eigenvalue weighted by atomic mass is 15.2. The Kier molecular flexibility index (Phi) is 17.0. The van der Waals surface area contributed by atoms with Gasteiger partial charge in [-0.25, -0.2) is 0 Å². The number of anilines is 6. The van der Waals surface area contributed by atoms with Crippen LogP contribution in [0.1, 0.15) is 126 Å². The van der Waals surface area contributed by atoms with Crippen LogP contribution in [0.5, 0.6) is 0 Å². The Morgan fingerprint density at radius 3 is 0.805 bits per heavy atom. The molecule has 2 nitrogen and oxygen atoms in total. The Bertz CT molecular complexity index is 3510. The van der Waals surface area contributed by atoms with Gasteiger partial charge in [0.2, 0.25) is 0 Å². The molecular formula is C80H80N2. The van der Waals surface area contributed by atoms with Gasteiger partial charge in [-0.1, -0.05) is 286 Å². The van der Waals surface area contributed by atoms with E-state index in [1.54, 1.807) is 0 Å². The average molecular weight is 1070 g/mol. The van der Waals surface area contributed by atoms with Crippen LogP contribution < -0.4 is 9.80 Å². The monoisotopic (exact) mass is 1070 g/mol. The zero-order valence-corrected chi connectivity index (χ0v) is 49.2. The Balaban J connectivity index is 1.02. The molecule has 0 N–H and O–H groups in total. The van der Waals surface area contributed by atoms with Crippen molar-refractivity contribution >= 4 is 55.7 Å². The number of rotatable bonds is 22. The predicted octanol–water partition coefficient (Wildman–Crippen LogP) is 23.2. The van der Waals surface area contributed by atoms with Crippen molar-refractivity contribution in [2.75, 3.05) is 9.80 Å². The maximum Gasteiger partial charge on any atom is 0.0619 e. The van der Waals surface area contributed by atoms with Crippen LogP contribution in [-0.4, -0.2) is 0 Å². The molecule has 0 heterocycles. The lowest BCUT2D eigenvalue weighted by Crippen LogP contribution is -2.18. The first-order chi connectivity index (χ1) is 40.1. The number of unbranched alkanes of at least 4 members (excludes halogenated alkanes) is 6. The van der Waals surface area contributed by atoms with E-state index in [2.05, 4.69) is 306 Å². The largest absolute Gasteiger partial charge is 0.309 e. The fraction of sp³-hybridized carbons (Fsp3) is 0.225. The summed E-state index contributed by atoms with van der Waals surface area (Å²) in [4.78, 5) is 5.03. The van der Waals surface area contributed by atoms with Gasteiger partial charge in [0.25, 0.3) is 0 Å². The van der Waals surface area contributed by atoms with Gasteiger partial charge in [-0.2, -0.15) is 0 Å². The van der Waals surface area contributed by atoms with E-state index in [4.69, 9.17) is 0 Å². The van der Waals surface area contributed by atoms with Crippen molar-refractivity contribution in [2.24, 2.45) is 0 Å². The van der Waals surface area contributed by atoms with Crippen molar-refractivity contribution in [2.45, 2.75) is 117 Å². The summed E-state index contributed by atoms with van der Waals surface area (Å²) in [5.41, 5.74) is 19.4. The molecule has 0 amide bonds. The Morgan fingerprint density at radius 1 is 0.256 bits per heavy atom. The van der Waals surface area contributed by atoms with E-state index in [1.807, 2.05) is 0 Å². The minimum absolute atomic E-state index is 0.106. The molecule has 410 valence electrons. The molecule has 0 aliphatic carbocycles. The zero-order chi connectivity index (χ0) is 56.5. The SMILES string of the molecule is CCCCCCc1ccc(N(c2ccc(-c3ccc(C(C)(C)c4ccccc4)cc3)cc2)c2c3ccccc3c(N(c3ccc(CCCCCC)cc3)c3ccc(-c4ccc(C(C)(C)c5ccccc5)cc4)cc3)c3ccccc23)cc1. The fourth-order valence-electron chi connectivity index (χ4n) is 12.3. The standard InChI is InChI=1S/C80H80N2/c1-7-9-11-15-25-59-35-51-69(52-36-59)81(71-55-43-63(44-56-71)61-39-47-67(48-40-61)79(3,4)65-27-17-13-18-28-65)77-73-31-21-23-33-75(73)78(76-34-24-22-32-74(76)77)82(70-53-37-60(38-54-70)26-16-12-10-8-2)72-57-45-64(46-58-72)62-41-49-68(50-42-62)80(5,6)66-29-19-14-20-30-66/h13-14,17-24,27-58H,7-12,15-16,25-26H2,1-6H3. The molecule has 0 aromatic heterocycles. The van der Waals surface area contributed by atoms with Gasteiger partial charge < -0.3 is 9.80 Å². The number of hydrogen-bond acceptors (Lipinski definition) is 2. The summed E-state index contributed by atoms with van der Waals surface area (Å²) in [7, 11) is 0. The predicted molar refractivity (Wildman–Crippen MR) is 355 cm³/mol. The number of benzene rings is 11. The van der Waals surface area contributed by atoms with Crippen molar-refractivity contribution in [1.82, 2.24) is 0 Å². The summed E-state index contributed by atoms with van der Waals surface area (Å²) in [5, 5.41) is 4.75. The fourth-order valence-corrected chi connectivity index (χ4v) is 12.3. The first kappa shape index (κ1) is 55.4. The normalized spacial score (nSPS) is 11.8. The third-order valence-electron chi connectivity index (χ3n) is 17.5. The smallest absolute Gasteiger partial charge is 0.0619 e. The highest BCUT2D eigenvalue weighted by Crippen LogP contribution is 2.51. The van der Waals surface area contributed by atoms with Crippen molar-refractivity contribution < 1.29 is 0 Å². The highest BCUT2D eigenvalue weighted by Gasteiger charge is 2.27. The van der Waals surface area contributed by atoms with Crippen LogP contribution in [0.3, 0.4) is 0 Å². The van der Waals surface area contributed by atoms with Crippen LogP contribution in [0.15, 0.2) is 255 Å². The molecule has 11 aromatic carbocycles. The van der Waals surface area contributed by atoms with Gasteiger partial charge in [0.1, 0.15) is 0 Å². The first-order valence-electron chi connectivity index (χ1n) is 30.4. The van der Waals surface area contributed by atoms with Crippen LogP contribution in [-0.2, 0) is 23.7 Å². The topological polar surface area (TPSA) is 6.48 Å². The highest BCUT2D eigenvalue weighted by molar-refractivity contribution is 6.23. The van der Waals surface area contributed by atoms with E-state index < -0.39 is 0 Å². The van der Waals surface area contributed by atoms with Crippen LogP contribution in [0, 0.1) is 0 Å². The molecule has 0 fully saturated rings. The Morgan fingerprint density at radius 2 is 0.512 bits per heavy atom. The lowest BCUT2D eigenvalue weighted by Gasteiger charge is -2.33. The number of hydrogen-bond donors (Lipinski definition) is 0. The quantitative estimate of drug-likeness (QED) is 0.0379. The first-order valence-corrected chi connectivity index (χ1v) is 30.4. The lowest BCUT2D eigenvalue weighted by atomic mass is 9.78. The number of fused-ring (bicyclic) bond motifs is 2. The van der Waals surface area contributed by atoms with Gasteiger partial charge in [-0.05, 0) is 130 Å². The molecule has 0 spiro atoms. The van der Waals surface area contributed by atoms with E-state index in [1.165, 1.54) is 140 Å². The third-order valence-corrected chi connectivity index (χ3v) is 17.5. The van der Waals surface area contributed by atoms with Crippen molar-refractivity contribution in [3.63, 3.8) is 0 Å². The maximum absolute atomic E-state index is 2.52. The molecule has 2 heteroatoms.